The second kappa shape index (κ2) is 13.5. The highest BCUT2D eigenvalue weighted by Crippen LogP contribution is 2.44. The summed E-state index contributed by atoms with van der Waals surface area (Å²) in [5.74, 6) is -1.34. The number of nitrogens with one attached hydrogen (secondary N) is 1. The van der Waals surface area contributed by atoms with E-state index in [9.17, 15) is 22.4 Å². The molecule has 2 fully saturated rings. The number of carbonyl (C=O) groups excluding carboxylic acids is 1. The second-order valence-corrected chi connectivity index (χ2v) is 13.7. The summed E-state index contributed by atoms with van der Waals surface area (Å²) in [5.41, 5.74) is 2.71. The number of aryl methyl sites for hydroxylation is 2. The van der Waals surface area contributed by atoms with Gasteiger partial charge in [0, 0.05) is 37.2 Å². The number of alkyl halides is 3. The van der Waals surface area contributed by atoms with Gasteiger partial charge < -0.3 is 23.7 Å². The Morgan fingerprint density at radius 1 is 1.09 bits per heavy atom. The number of aromatic nitrogens is 2. The summed E-state index contributed by atoms with van der Waals surface area (Å²) in [6.07, 6.45) is -3.09. The molecule has 1 aromatic heterocycles. The Morgan fingerprint density at radius 3 is 2.53 bits per heavy atom. The third kappa shape index (κ3) is 7.29. The molecule has 0 bridgehead atoms. The molecule has 250 valence electrons. The normalized spacial score (nSPS) is 23.3. The van der Waals surface area contributed by atoms with Crippen molar-refractivity contribution in [2.45, 2.75) is 62.3 Å². The minimum atomic E-state index is -4.68. The van der Waals surface area contributed by atoms with E-state index in [0.717, 1.165) is 51.6 Å². The first-order valence-electron chi connectivity index (χ1n) is 15.7. The molecule has 3 aromatic carbocycles. The molecule has 1 saturated carbocycles. The number of fused-ring (bicyclic) bond motifs is 1. The summed E-state index contributed by atoms with van der Waals surface area (Å²) < 4.78 is 69.9. The predicted molar refractivity (Wildman–Crippen MR) is 175 cm³/mol. The van der Waals surface area contributed by atoms with Gasteiger partial charge in [0.25, 0.3) is 0 Å². The van der Waals surface area contributed by atoms with Crippen molar-refractivity contribution in [2.24, 2.45) is 18.9 Å². The van der Waals surface area contributed by atoms with Crippen LogP contribution in [0.2, 0.25) is 0 Å². The van der Waals surface area contributed by atoms with E-state index in [-0.39, 0.29) is 29.7 Å². The Hall–Kier alpha value is -3.61. The van der Waals surface area contributed by atoms with E-state index in [0.29, 0.717) is 32.1 Å². The first-order valence-corrected chi connectivity index (χ1v) is 16.5. The minimum absolute atomic E-state index is 0.0360. The zero-order chi connectivity index (χ0) is 33.5. The number of hydrogen-bond acceptors (Lipinski definition) is 6. The van der Waals surface area contributed by atoms with Crippen LogP contribution in [0, 0.1) is 24.6 Å². The first kappa shape index (κ1) is 33.3. The van der Waals surface area contributed by atoms with Crippen molar-refractivity contribution in [2.75, 3.05) is 29.9 Å². The van der Waals surface area contributed by atoms with E-state index >= 15 is 0 Å². The topological polar surface area (TPSA) is 68.6 Å². The highest BCUT2D eigenvalue weighted by atomic mass is 32.2. The Morgan fingerprint density at radius 2 is 1.85 bits per heavy atom. The Kier molecular flexibility index (Phi) is 9.55. The maximum Gasteiger partial charge on any atom is 0.416 e. The standard InChI is InChI=1S/C35H38F4N4O3S/c1-20-28(22-5-8-24(9-6-22)43(4)47-27-10-12-33-32(18-27)40-21(2)42(33)3)16-26(46-25-13-14-45-19-25)17-29(20)34(44)41-31-11-7-23(15-30(31)36)35(37,38)39/h5-12,15,18,20,25-26,28-29H,13-14,16-17,19H2,1-4H3,(H,41,44)/t20-,25?,26?,28?,29?/m1/s1. The monoisotopic (exact) mass is 670 g/mol. The van der Waals surface area contributed by atoms with Crippen molar-refractivity contribution in [1.82, 2.24) is 9.55 Å². The molecule has 2 heterocycles. The van der Waals surface area contributed by atoms with E-state index < -0.39 is 29.4 Å². The molecule has 6 rings (SSSR count). The fourth-order valence-electron chi connectivity index (χ4n) is 6.68. The van der Waals surface area contributed by atoms with Gasteiger partial charge in [0.2, 0.25) is 5.91 Å². The van der Waals surface area contributed by atoms with E-state index in [2.05, 4.69) is 61.6 Å². The average Bonchev–Trinajstić information content (AvgIpc) is 3.65. The van der Waals surface area contributed by atoms with Gasteiger partial charge in [0.1, 0.15) is 11.6 Å². The van der Waals surface area contributed by atoms with Gasteiger partial charge in [-0.25, -0.2) is 9.37 Å². The predicted octanol–water partition coefficient (Wildman–Crippen LogP) is 8.13. The van der Waals surface area contributed by atoms with Crippen molar-refractivity contribution < 1.29 is 31.8 Å². The first-order chi connectivity index (χ1) is 22.4. The lowest BCUT2D eigenvalue weighted by Crippen LogP contribution is -2.41. The molecule has 0 radical (unpaired) electrons. The average molecular weight is 671 g/mol. The number of amides is 1. The molecular formula is C35H38F4N4O3S. The number of halogens is 4. The van der Waals surface area contributed by atoms with Crippen LogP contribution in [0.25, 0.3) is 11.0 Å². The molecule has 47 heavy (non-hydrogen) atoms. The van der Waals surface area contributed by atoms with Crippen molar-refractivity contribution >= 4 is 40.3 Å². The van der Waals surface area contributed by atoms with Crippen LogP contribution in [0.5, 0.6) is 0 Å². The van der Waals surface area contributed by atoms with Crippen LogP contribution in [-0.2, 0) is 27.5 Å². The number of anilines is 2. The molecule has 2 aliphatic rings. The number of rotatable bonds is 8. The maximum atomic E-state index is 14.7. The third-order valence-corrected chi connectivity index (χ3v) is 10.4. The van der Waals surface area contributed by atoms with E-state index in [1.165, 1.54) is 0 Å². The highest BCUT2D eigenvalue weighted by Gasteiger charge is 2.41. The van der Waals surface area contributed by atoms with Crippen LogP contribution in [0.1, 0.15) is 49.1 Å². The molecule has 1 amide bonds. The van der Waals surface area contributed by atoms with Gasteiger partial charge >= 0.3 is 6.18 Å². The van der Waals surface area contributed by atoms with Gasteiger partial charge in [0.05, 0.1) is 41.1 Å². The largest absolute Gasteiger partial charge is 0.416 e. The molecule has 12 heteroatoms. The van der Waals surface area contributed by atoms with Crippen LogP contribution < -0.4 is 9.62 Å². The van der Waals surface area contributed by atoms with Crippen LogP contribution >= 0.6 is 11.9 Å². The van der Waals surface area contributed by atoms with Crippen LogP contribution in [0.4, 0.5) is 28.9 Å². The van der Waals surface area contributed by atoms with E-state index in [1.807, 2.05) is 27.9 Å². The lowest BCUT2D eigenvalue weighted by atomic mass is 9.68. The number of benzene rings is 3. The molecule has 5 atom stereocenters. The van der Waals surface area contributed by atoms with E-state index in [1.54, 1.807) is 11.9 Å². The number of imidazole rings is 1. The number of nitrogens with zero attached hydrogens (tertiary/aromatic N) is 3. The summed E-state index contributed by atoms with van der Waals surface area (Å²) in [6.45, 7) is 5.10. The van der Waals surface area contributed by atoms with Crippen molar-refractivity contribution in [3.8, 4) is 0 Å². The third-order valence-electron chi connectivity index (χ3n) is 9.47. The van der Waals surface area contributed by atoms with Gasteiger partial charge in [-0.1, -0.05) is 19.1 Å². The van der Waals surface area contributed by atoms with Crippen molar-refractivity contribution in [3.63, 3.8) is 0 Å². The summed E-state index contributed by atoms with van der Waals surface area (Å²) in [5, 5.41) is 2.56. The number of ether oxygens (including phenoxy) is 2. The molecular weight excluding hydrogens is 632 g/mol. The van der Waals surface area contributed by atoms with Crippen LogP contribution in [-0.4, -0.2) is 47.9 Å². The summed E-state index contributed by atoms with van der Waals surface area (Å²) >= 11 is 1.60. The molecule has 1 N–H and O–H groups in total. The molecule has 4 unspecified atom stereocenters. The SMILES string of the molecule is Cc1nc2cc(SN(C)c3ccc(C4CC(OC5CCOC5)CC(C(=O)Nc5ccc(C(F)(F)F)cc5F)[C@@H]4C)cc3)ccc2n1C. The Labute approximate surface area is 275 Å². The lowest BCUT2D eigenvalue weighted by Gasteiger charge is -2.40. The minimum Gasteiger partial charge on any atom is -0.379 e. The van der Waals surface area contributed by atoms with E-state index in [4.69, 9.17) is 9.47 Å². The lowest BCUT2D eigenvalue weighted by molar-refractivity contribution is -0.137. The molecule has 7 nitrogen and oxygen atoms in total. The quantitative estimate of drug-likeness (QED) is 0.151. The van der Waals surface area contributed by atoms with Gasteiger partial charge in [-0.05, 0) is 104 Å². The number of carbonyl (C=O) groups is 1. The molecule has 0 spiro atoms. The van der Waals surface area contributed by atoms with Gasteiger partial charge in [-0.3, -0.25) is 4.79 Å². The zero-order valence-corrected chi connectivity index (χ0v) is 27.5. The molecule has 1 aliphatic carbocycles. The Balaban J connectivity index is 1.19. The summed E-state index contributed by atoms with van der Waals surface area (Å²) in [6, 6.07) is 16.6. The molecule has 1 aliphatic heterocycles. The summed E-state index contributed by atoms with van der Waals surface area (Å²) in [4.78, 5) is 19.3. The molecule has 4 aromatic rings. The maximum absolute atomic E-state index is 14.7. The molecule has 1 saturated heterocycles. The fourth-order valence-corrected chi connectivity index (χ4v) is 7.52. The van der Waals surface area contributed by atoms with Gasteiger partial charge in [-0.15, -0.1) is 0 Å². The van der Waals surface area contributed by atoms with Crippen molar-refractivity contribution in [1.29, 1.82) is 0 Å². The van der Waals surface area contributed by atoms with Crippen LogP contribution in [0.3, 0.4) is 0 Å². The zero-order valence-electron chi connectivity index (χ0n) is 26.7. The van der Waals surface area contributed by atoms with Crippen LogP contribution in [0.15, 0.2) is 65.6 Å². The number of hydrogen-bond donors (Lipinski definition) is 1. The van der Waals surface area contributed by atoms with Gasteiger partial charge in [-0.2, -0.15) is 13.2 Å². The summed E-state index contributed by atoms with van der Waals surface area (Å²) in [7, 11) is 4.01. The van der Waals surface area contributed by atoms with Crippen molar-refractivity contribution in [3.05, 3.63) is 83.4 Å². The fraction of sp³-hybridized carbons (Fsp3) is 0.429. The highest BCUT2D eigenvalue weighted by molar-refractivity contribution is 8.00. The van der Waals surface area contributed by atoms with Gasteiger partial charge in [0.15, 0.2) is 0 Å². The second-order valence-electron chi connectivity index (χ2n) is 12.5. The smallest absolute Gasteiger partial charge is 0.379 e. The Bertz CT molecular complexity index is 1740.